The SMILES string of the molecule is C1CCC(CN2CCC3CNCC3C2)CC1. The number of rotatable bonds is 2. The van der Waals surface area contributed by atoms with Crippen LogP contribution in [0.15, 0.2) is 0 Å². The van der Waals surface area contributed by atoms with Crippen LogP contribution in [0.5, 0.6) is 0 Å². The number of fused-ring (bicyclic) bond motifs is 1. The lowest BCUT2D eigenvalue weighted by Crippen LogP contribution is -2.42. The summed E-state index contributed by atoms with van der Waals surface area (Å²) in [7, 11) is 0. The number of hydrogen-bond acceptors (Lipinski definition) is 2. The largest absolute Gasteiger partial charge is 0.316 e. The molecular formula is C14H26N2. The van der Waals surface area contributed by atoms with Crippen LogP contribution in [0.25, 0.3) is 0 Å². The van der Waals surface area contributed by atoms with Crippen LogP contribution >= 0.6 is 0 Å². The van der Waals surface area contributed by atoms with Crippen LogP contribution in [-0.2, 0) is 0 Å². The molecule has 2 atom stereocenters. The van der Waals surface area contributed by atoms with Crippen molar-refractivity contribution in [3.63, 3.8) is 0 Å². The van der Waals surface area contributed by atoms with E-state index >= 15 is 0 Å². The molecule has 3 fully saturated rings. The molecule has 2 aliphatic heterocycles. The van der Waals surface area contributed by atoms with E-state index in [9.17, 15) is 0 Å². The van der Waals surface area contributed by atoms with Gasteiger partial charge in [0.1, 0.15) is 0 Å². The predicted molar refractivity (Wildman–Crippen MR) is 67.5 cm³/mol. The number of nitrogens with zero attached hydrogens (tertiary/aromatic N) is 1. The number of nitrogens with one attached hydrogen (secondary N) is 1. The molecule has 0 radical (unpaired) electrons. The summed E-state index contributed by atoms with van der Waals surface area (Å²) in [5.74, 6) is 3.00. The highest BCUT2D eigenvalue weighted by molar-refractivity contribution is 4.88. The van der Waals surface area contributed by atoms with Gasteiger partial charge in [-0.25, -0.2) is 0 Å². The molecule has 3 aliphatic rings. The van der Waals surface area contributed by atoms with Gasteiger partial charge in [0.25, 0.3) is 0 Å². The van der Waals surface area contributed by atoms with Crippen LogP contribution in [0, 0.1) is 17.8 Å². The maximum Gasteiger partial charge on any atom is 0.00251 e. The Hall–Kier alpha value is -0.0800. The smallest absolute Gasteiger partial charge is 0.00251 e. The molecule has 1 saturated carbocycles. The summed E-state index contributed by atoms with van der Waals surface area (Å²) in [6.45, 7) is 6.74. The van der Waals surface area contributed by atoms with E-state index < -0.39 is 0 Å². The first-order chi connectivity index (χ1) is 7.92. The Morgan fingerprint density at radius 1 is 0.938 bits per heavy atom. The van der Waals surface area contributed by atoms with E-state index in [-0.39, 0.29) is 0 Å². The van der Waals surface area contributed by atoms with E-state index in [1.165, 1.54) is 71.2 Å². The third kappa shape index (κ3) is 2.43. The van der Waals surface area contributed by atoms with E-state index in [0.717, 1.165) is 17.8 Å². The molecule has 2 nitrogen and oxygen atoms in total. The monoisotopic (exact) mass is 222 g/mol. The van der Waals surface area contributed by atoms with Gasteiger partial charge in [0.05, 0.1) is 0 Å². The second-order valence-corrected chi connectivity index (χ2v) is 6.23. The van der Waals surface area contributed by atoms with Gasteiger partial charge in [0, 0.05) is 13.1 Å². The van der Waals surface area contributed by atoms with Crippen molar-refractivity contribution in [3.05, 3.63) is 0 Å². The molecule has 0 amide bonds. The van der Waals surface area contributed by atoms with E-state index in [4.69, 9.17) is 0 Å². The average molecular weight is 222 g/mol. The summed E-state index contributed by atoms with van der Waals surface area (Å²) in [6.07, 6.45) is 8.93. The highest BCUT2D eigenvalue weighted by Gasteiger charge is 2.33. The molecule has 1 N–H and O–H groups in total. The van der Waals surface area contributed by atoms with Crippen LogP contribution in [-0.4, -0.2) is 37.6 Å². The fourth-order valence-electron chi connectivity index (χ4n) is 4.01. The number of hydrogen-bond donors (Lipinski definition) is 1. The first kappa shape index (κ1) is 11.0. The van der Waals surface area contributed by atoms with Crippen molar-refractivity contribution in [3.8, 4) is 0 Å². The molecule has 92 valence electrons. The van der Waals surface area contributed by atoms with Crippen LogP contribution in [0.4, 0.5) is 0 Å². The lowest BCUT2D eigenvalue weighted by molar-refractivity contribution is 0.119. The van der Waals surface area contributed by atoms with Gasteiger partial charge in [-0.15, -0.1) is 0 Å². The maximum atomic E-state index is 3.56. The Kier molecular flexibility index (Phi) is 3.49. The van der Waals surface area contributed by atoms with Crippen molar-refractivity contribution < 1.29 is 0 Å². The Morgan fingerprint density at radius 2 is 1.75 bits per heavy atom. The van der Waals surface area contributed by atoms with Crippen molar-refractivity contribution in [2.24, 2.45) is 17.8 Å². The van der Waals surface area contributed by atoms with Crippen LogP contribution < -0.4 is 5.32 Å². The molecule has 3 rings (SSSR count). The van der Waals surface area contributed by atoms with Gasteiger partial charge in [-0.2, -0.15) is 0 Å². The van der Waals surface area contributed by atoms with Gasteiger partial charge in [-0.1, -0.05) is 19.3 Å². The van der Waals surface area contributed by atoms with Crippen molar-refractivity contribution in [2.45, 2.75) is 38.5 Å². The molecule has 2 saturated heterocycles. The summed E-state index contributed by atoms with van der Waals surface area (Å²) in [4.78, 5) is 2.77. The Labute approximate surface area is 99.8 Å². The zero-order valence-electron chi connectivity index (χ0n) is 10.5. The van der Waals surface area contributed by atoms with Gasteiger partial charge >= 0.3 is 0 Å². The van der Waals surface area contributed by atoms with Crippen LogP contribution in [0.3, 0.4) is 0 Å². The summed E-state index contributed by atoms with van der Waals surface area (Å²) >= 11 is 0. The summed E-state index contributed by atoms with van der Waals surface area (Å²) in [6, 6.07) is 0. The number of piperidine rings is 1. The molecule has 0 spiro atoms. The molecule has 0 aromatic carbocycles. The van der Waals surface area contributed by atoms with E-state index in [1.54, 1.807) is 0 Å². The fraction of sp³-hybridized carbons (Fsp3) is 1.00. The first-order valence-electron chi connectivity index (χ1n) is 7.35. The quantitative estimate of drug-likeness (QED) is 0.770. The van der Waals surface area contributed by atoms with E-state index in [1.807, 2.05) is 0 Å². The first-order valence-corrected chi connectivity index (χ1v) is 7.35. The normalized spacial score (nSPS) is 37.5. The van der Waals surface area contributed by atoms with Crippen molar-refractivity contribution >= 4 is 0 Å². The van der Waals surface area contributed by atoms with Crippen molar-refractivity contribution in [1.82, 2.24) is 10.2 Å². The zero-order valence-corrected chi connectivity index (χ0v) is 10.5. The molecule has 2 heteroatoms. The highest BCUT2D eigenvalue weighted by Crippen LogP contribution is 2.29. The Balaban J connectivity index is 1.48. The minimum atomic E-state index is 0.970. The summed E-state index contributed by atoms with van der Waals surface area (Å²) in [5.41, 5.74) is 0. The summed E-state index contributed by atoms with van der Waals surface area (Å²) in [5, 5.41) is 3.56. The molecule has 16 heavy (non-hydrogen) atoms. The summed E-state index contributed by atoms with van der Waals surface area (Å²) < 4.78 is 0. The van der Waals surface area contributed by atoms with Crippen molar-refractivity contribution in [1.29, 1.82) is 0 Å². The van der Waals surface area contributed by atoms with Gasteiger partial charge < -0.3 is 10.2 Å². The third-order valence-corrected chi connectivity index (χ3v) is 5.03. The predicted octanol–water partition coefficient (Wildman–Crippen LogP) is 2.11. The molecule has 0 aromatic rings. The van der Waals surface area contributed by atoms with Crippen LogP contribution in [0.2, 0.25) is 0 Å². The average Bonchev–Trinajstić information content (AvgIpc) is 2.77. The fourth-order valence-corrected chi connectivity index (χ4v) is 4.01. The Morgan fingerprint density at radius 3 is 2.62 bits per heavy atom. The topological polar surface area (TPSA) is 15.3 Å². The van der Waals surface area contributed by atoms with Gasteiger partial charge in [0.2, 0.25) is 0 Å². The van der Waals surface area contributed by atoms with Gasteiger partial charge in [0.15, 0.2) is 0 Å². The molecule has 0 bridgehead atoms. The third-order valence-electron chi connectivity index (χ3n) is 5.03. The molecule has 1 aliphatic carbocycles. The Bertz CT molecular complexity index is 223. The lowest BCUT2D eigenvalue weighted by atomic mass is 9.85. The van der Waals surface area contributed by atoms with Crippen molar-refractivity contribution in [2.75, 3.05) is 32.7 Å². The molecule has 2 heterocycles. The molecular weight excluding hydrogens is 196 g/mol. The van der Waals surface area contributed by atoms with Gasteiger partial charge in [-0.3, -0.25) is 0 Å². The standard InChI is InChI=1S/C14H26N2/c1-2-4-12(5-3-1)10-16-7-6-13-8-15-9-14(13)11-16/h12-15H,1-11H2. The minimum Gasteiger partial charge on any atom is -0.316 e. The second-order valence-electron chi connectivity index (χ2n) is 6.23. The molecule has 0 aromatic heterocycles. The zero-order chi connectivity index (χ0) is 10.8. The number of likely N-dealkylation sites (tertiary alicyclic amines) is 1. The second kappa shape index (κ2) is 5.05. The minimum absolute atomic E-state index is 0.970. The molecule has 2 unspecified atom stereocenters. The van der Waals surface area contributed by atoms with Gasteiger partial charge in [-0.05, 0) is 56.7 Å². The highest BCUT2D eigenvalue weighted by atomic mass is 15.1. The lowest BCUT2D eigenvalue weighted by Gasteiger charge is -2.37. The van der Waals surface area contributed by atoms with E-state index in [0.29, 0.717) is 0 Å². The van der Waals surface area contributed by atoms with Crippen LogP contribution in [0.1, 0.15) is 38.5 Å². The maximum absolute atomic E-state index is 3.56. The van der Waals surface area contributed by atoms with E-state index in [2.05, 4.69) is 10.2 Å².